The number of hydrogen-bond acceptors (Lipinski definition) is 2. The molecule has 1 N–H and O–H groups in total. The van der Waals surface area contributed by atoms with Crippen LogP contribution in [0.25, 0.3) is 0 Å². The highest BCUT2D eigenvalue weighted by Gasteiger charge is 2.00. The van der Waals surface area contributed by atoms with Crippen LogP contribution in [0.5, 0.6) is 0 Å². The summed E-state index contributed by atoms with van der Waals surface area (Å²) in [4.78, 5) is 4.34. The van der Waals surface area contributed by atoms with E-state index in [1.807, 2.05) is 12.4 Å². The maximum Gasteiger partial charge on any atom is 0.108 e. The third kappa shape index (κ3) is 3.50. The van der Waals surface area contributed by atoms with Crippen molar-refractivity contribution in [3.63, 3.8) is 0 Å². The molecule has 0 aliphatic carbocycles. The molecule has 0 saturated carbocycles. The SMILES string of the molecule is CCn1ccnc1CCCNC(C)C. The largest absolute Gasteiger partial charge is 0.335 e. The summed E-state index contributed by atoms with van der Waals surface area (Å²) >= 11 is 0. The van der Waals surface area contributed by atoms with Crippen LogP contribution in [0.4, 0.5) is 0 Å². The Bertz CT molecular complexity index is 253. The molecule has 0 saturated heterocycles. The Morgan fingerprint density at radius 1 is 1.50 bits per heavy atom. The molecule has 0 atom stereocenters. The van der Waals surface area contributed by atoms with Crippen LogP contribution in [0.15, 0.2) is 12.4 Å². The lowest BCUT2D eigenvalue weighted by Crippen LogP contribution is -2.24. The van der Waals surface area contributed by atoms with Crippen LogP contribution in [0.1, 0.15) is 33.0 Å². The molecule has 1 heterocycles. The average molecular weight is 195 g/mol. The summed E-state index contributed by atoms with van der Waals surface area (Å²) in [6.45, 7) is 8.60. The lowest BCUT2D eigenvalue weighted by molar-refractivity contribution is 0.558. The first-order chi connectivity index (χ1) is 6.74. The summed E-state index contributed by atoms with van der Waals surface area (Å²) in [5.41, 5.74) is 0. The number of imidazole rings is 1. The van der Waals surface area contributed by atoms with Crippen LogP contribution in [-0.2, 0) is 13.0 Å². The molecule has 0 amide bonds. The van der Waals surface area contributed by atoms with Crippen LogP contribution in [-0.4, -0.2) is 22.1 Å². The minimum absolute atomic E-state index is 0.584. The minimum Gasteiger partial charge on any atom is -0.335 e. The van der Waals surface area contributed by atoms with Gasteiger partial charge in [0, 0.05) is 31.4 Å². The van der Waals surface area contributed by atoms with Gasteiger partial charge in [-0.25, -0.2) is 4.98 Å². The van der Waals surface area contributed by atoms with Crippen molar-refractivity contribution in [1.29, 1.82) is 0 Å². The first kappa shape index (κ1) is 11.2. The molecular weight excluding hydrogens is 174 g/mol. The van der Waals surface area contributed by atoms with E-state index in [2.05, 4.69) is 35.6 Å². The molecule has 0 fully saturated rings. The van der Waals surface area contributed by atoms with Crippen molar-refractivity contribution in [1.82, 2.24) is 14.9 Å². The van der Waals surface area contributed by atoms with Gasteiger partial charge in [0.1, 0.15) is 5.82 Å². The fraction of sp³-hybridized carbons (Fsp3) is 0.727. The molecule has 0 spiro atoms. The summed E-state index contributed by atoms with van der Waals surface area (Å²) in [6.07, 6.45) is 6.16. The van der Waals surface area contributed by atoms with E-state index in [0.717, 1.165) is 25.9 Å². The third-order valence-electron chi connectivity index (χ3n) is 2.27. The molecule has 0 unspecified atom stereocenters. The van der Waals surface area contributed by atoms with Gasteiger partial charge in [0.05, 0.1) is 0 Å². The Hall–Kier alpha value is -0.830. The van der Waals surface area contributed by atoms with Crippen LogP contribution < -0.4 is 5.32 Å². The van der Waals surface area contributed by atoms with Crippen molar-refractivity contribution in [3.8, 4) is 0 Å². The molecule has 1 aromatic rings. The van der Waals surface area contributed by atoms with E-state index in [0.29, 0.717) is 6.04 Å². The molecule has 0 aliphatic heterocycles. The van der Waals surface area contributed by atoms with E-state index >= 15 is 0 Å². The van der Waals surface area contributed by atoms with E-state index in [1.165, 1.54) is 5.82 Å². The molecule has 80 valence electrons. The Morgan fingerprint density at radius 3 is 2.93 bits per heavy atom. The Balaban J connectivity index is 2.24. The zero-order chi connectivity index (χ0) is 10.4. The van der Waals surface area contributed by atoms with Gasteiger partial charge in [0.25, 0.3) is 0 Å². The number of aryl methyl sites for hydroxylation is 2. The number of rotatable bonds is 6. The van der Waals surface area contributed by atoms with Gasteiger partial charge in [-0.1, -0.05) is 13.8 Å². The highest BCUT2D eigenvalue weighted by Crippen LogP contribution is 2.00. The van der Waals surface area contributed by atoms with Crippen molar-refractivity contribution in [2.75, 3.05) is 6.54 Å². The predicted octanol–water partition coefficient (Wildman–Crippen LogP) is 1.83. The zero-order valence-corrected chi connectivity index (χ0v) is 9.45. The molecule has 3 heteroatoms. The van der Waals surface area contributed by atoms with Crippen LogP contribution in [0, 0.1) is 0 Å². The lowest BCUT2D eigenvalue weighted by atomic mass is 10.2. The van der Waals surface area contributed by atoms with Gasteiger partial charge in [-0.05, 0) is 19.9 Å². The Labute approximate surface area is 86.5 Å². The fourth-order valence-corrected chi connectivity index (χ4v) is 1.49. The normalized spacial score (nSPS) is 11.1. The standard InChI is InChI=1S/C11H21N3/c1-4-14-9-8-13-11(14)6-5-7-12-10(2)3/h8-10,12H,4-7H2,1-3H3. The summed E-state index contributed by atoms with van der Waals surface area (Å²) in [6, 6.07) is 0.584. The van der Waals surface area contributed by atoms with Gasteiger partial charge >= 0.3 is 0 Å². The monoisotopic (exact) mass is 195 g/mol. The fourth-order valence-electron chi connectivity index (χ4n) is 1.49. The maximum absolute atomic E-state index is 4.34. The Kier molecular flexibility index (Phi) is 4.66. The van der Waals surface area contributed by atoms with Crippen molar-refractivity contribution in [2.24, 2.45) is 0 Å². The second-order valence-corrected chi connectivity index (χ2v) is 3.84. The molecule has 0 radical (unpaired) electrons. The molecule has 3 nitrogen and oxygen atoms in total. The molecule has 14 heavy (non-hydrogen) atoms. The number of nitrogens with zero attached hydrogens (tertiary/aromatic N) is 2. The lowest BCUT2D eigenvalue weighted by Gasteiger charge is -2.08. The highest BCUT2D eigenvalue weighted by atomic mass is 15.0. The predicted molar refractivity (Wildman–Crippen MR) is 59.4 cm³/mol. The quantitative estimate of drug-likeness (QED) is 0.702. The average Bonchev–Trinajstić information content (AvgIpc) is 2.59. The zero-order valence-electron chi connectivity index (χ0n) is 9.45. The van der Waals surface area contributed by atoms with Gasteiger partial charge in [-0.3, -0.25) is 0 Å². The molecule has 1 aromatic heterocycles. The Morgan fingerprint density at radius 2 is 2.29 bits per heavy atom. The number of aromatic nitrogens is 2. The smallest absolute Gasteiger partial charge is 0.108 e. The van der Waals surface area contributed by atoms with Crippen molar-refractivity contribution >= 4 is 0 Å². The van der Waals surface area contributed by atoms with E-state index in [-0.39, 0.29) is 0 Å². The number of nitrogens with one attached hydrogen (secondary N) is 1. The van der Waals surface area contributed by atoms with Crippen molar-refractivity contribution in [2.45, 2.75) is 46.2 Å². The summed E-state index contributed by atoms with van der Waals surface area (Å²) < 4.78 is 2.20. The highest BCUT2D eigenvalue weighted by molar-refractivity contribution is 4.92. The van der Waals surface area contributed by atoms with E-state index in [4.69, 9.17) is 0 Å². The summed E-state index contributed by atoms with van der Waals surface area (Å²) in [5.74, 6) is 1.21. The summed E-state index contributed by atoms with van der Waals surface area (Å²) in [7, 11) is 0. The molecule has 0 aliphatic rings. The maximum atomic E-state index is 4.34. The van der Waals surface area contributed by atoms with Crippen molar-refractivity contribution < 1.29 is 0 Å². The second-order valence-electron chi connectivity index (χ2n) is 3.84. The van der Waals surface area contributed by atoms with Crippen molar-refractivity contribution in [3.05, 3.63) is 18.2 Å². The molecule has 1 rings (SSSR count). The minimum atomic E-state index is 0.584. The summed E-state index contributed by atoms with van der Waals surface area (Å²) in [5, 5.41) is 3.41. The van der Waals surface area contributed by atoms with Gasteiger partial charge in [-0.2, -0.15) is 0 Å². The first-order valence-electron chi connectivity index (χ1n) is 5.47. The van der Waals surface area contributed by atoms with Crippen LogP contribution in [0.3, 0.4) is 0 Å². The van der Waals surface area contributed by atoms with Crippen LogP contribution in [0.2, 0.25) is 0 Å². The van der Waals surface area contributed by atoms with Gasteiger partial charge in [-0.15, -0.1) is 0 Å². The van der Waals surface area contributed by atoms with E-state index in [9.17, 15) is 0 Å². The second kappa shape index (κ2) is 5.81. The van der Waals surface area contributed by atoms with E-state index < -0.39 is 0 Å². The van der Waals surface area contributed by atoms with Crippen LogP contribution >= 0.6 is 0 Å². The first-order valence-corrected chi connectivity index (χ1v) is 5.47. The number of hydrogen-bond donors (Lipinski definition) is 1. The third-order valence-corrected chi connectivity index (χ3v) is 2.27. The van der Waals surface area contributed by atoms with E-state index in [1.54, 1.807) is 0 Å². The van der Waals surface area contributed by atoms with Gasteiger partial charge in [0.15, 0.2) is 0 Å². The van der Waals surface area contributed by atoms with Gasteiger partial charge < -0.3 is 9.88 Å². The van der Waals surface area contributed by atoms with Gasteiger partial charge in [0.2, 0.25) is 0 Å². The molecule has 0 bridgehead atoms. The topological polar surface area (TPSA) is 29.9 Å². The molecular formula is C11H21N3. The molecule has 0 aromatic carbocycles.